The number of aryl methyl sites for hydroxylation is 1. The molecule has 3 amide bonds. The number of carbonyl (C=O) groups is 4. The summed E-state index contributed by atoms with van der Waals surface area (Å²) in [6, 6.07) is 5.22. The molecule has 2 heterocycles. The van der Waals surface area contributed by atoms with E-state index in [-0.39, 0.29) is 30.7 Å². The van der Waals surface area contributed by atoms with Crippen molar-refractivity contribution >= 4 is 24.2 Å². The quantitative estimate of drug-likeness (QED) is 0.512. The first-order valence-corrected chi connectivity index (χ1v) is 11.2. The Labute approximate surface area is 202 Å². The molecule has 1 aromatic rings. The predicted molar refractivity (Wildman–Crippen MR) is 121 cm³/mol. The first kappa shape index (κ1) is 27.9. The van der Waals surface area contributed by atoms with Gasteiger partial charge in [-0.1, -0.05) is 30.3 Å². The molecule has 0 aromatic heterocycles. The molecule has 4 rings (SSSR count). The number of carboxylic acid groups (broad SMARTS) is 1. The Morgan fingerprint density at radius 1 is 1.14 bits per heavy atom. The summed E-state index contributed by atoms with van der Waals surface area (Å²) in [5, 5.41) is 6.89. The highest BCUT2D eigenvalue weighted by molar-refractivity contribution is 5.99. The van der Waals surface area contributed by atoms with E-state index in [1.807, 2.05) is 4.90 Å². The van der Waals surface area contributed by atoms with Crippen LogP contribution < -0.4 is 0 Å². The lowest BCUT2D eigenvalue weighted by atomic mass is 10.1. The summed E-state index contributed by atoms with van der Waals surface area (Å²) in [7, 11) is 0. The highest BCUT2D eigenvalue weighted by atomic mass is 19.4. The third kappa shape index (κ3) is 7.06. The monoisotopic (exact) mass is 497 g/mol. The number of likely N-dealkylation sites (tertiary alicyclic amines) is 1. The van der Waals surface area contributed by atoms with Crippen molar-refractivity contribution in [1.29, 1.82) is 0 Å². The molecule has 1 aromatic carbocycles. The molecule has 0 unspecified atom stereocenters. The standard InChI is InChI=1S/C15H21N3O3.C8H7F3.CH2O2/c1-2-12(19)18-10-9-17(14(21)15(18)5-6-15)11-13(20)16-7-3-4-8-16;1-6-3-2-4-7(5-6)8(9,10)11;2-1-3/h2H,1,3-11H2;2-5H,1H3;1H,(H,2,3). The molecule has 1 spiro atoms. The summed E-state index contributed by atoms with van der Waals surface area (Å²) in [5.41, 5.74) is -0.647. The fourth-order valence-corrected chi connectivity index (χ4v) is 4.18. The number of halogens is 3. The fourth-order valence-electron chi connectivity index (χ4n) is 4.18. The second-order valence-corrected chi connectivity index (χ2v) is 8.51. The second-order valence-electron chi connectivity index (χ2n) is 8.51. The van der Waals surface area contributed by atoms with E-state index in [1.54, 1.807) is 22.8 Å². The van der Waals surface area contributed by atoms with Crippen LogP contribution in [0.2, 0.25) is 0 Å². The maximum absolute atomic E-state index is 12.6. The van der Waals surface area contributed by atoms with Crippen molar-refractivity contribution in [3.8, 4) is 0 Å². The van der Waals surface area contributed by atoms with E-state index >= 15 is 0 Å². The molecule has 192 valence electrons. The number of hydrogen-bond donors (Lipinski definition) is 1. The molecule has 0 radical (unpaired) electrons. The Hall–Kier alpha value is -3.37. The number of hydrogen-bond acceptors (Lipinski definition) is 4. The van der Waals surface area contributed by atoms with Gasteiger partial charge in [0.1, 0.15) is 5.54 Å². The molecular formula is C24H30F3N3O5. The van der Waals surface area contributed by atoms with Gasteiger partial charge in [-0.25, -0.2) is 0 Å². The van der Waals surface area contributed by atoms with Crippen LogP contribution in [0.3, 0.4) is 0 Å². The van der Waals surface area contributed by atoms with Crippen LogP contribution in [-0.4, -0.2) is 82.3 Å². The van der Waals surface area contributed by atoms with Crippen molar-refractivity contribution in [2.45, 2.75) is 44.3 Å². The summed E-state index contributed by atoms with van der Waals surface area (Å²) in [6.45, 7) is 7.55. The van der Waals surface area contributed by atoms with Crippen LogP contribution in [0.5, 0.6) is 0 Å². The number of benzene rings is 1. The molecular weight excluding hydrogens is 467 g/mol. The SMILES string of the molecule is C=CC(=O)N1CCN(CC(=O)N2CCCC2)C(=O)C12CC2.Cc1cccc(C(F)(F)F)c1.O=CO. The third-order valence-corrected chi connectivity index (χ3v) is 6.09. The molecule has 0 bridgehead atoms. The largest absolute Gasteiger partial charge is 0.483 e. The van der Waals surface area contributed by atoms with E-state index in [4.69, 9.17) is 9.90 Å². The Bertz CT molecular complexity index is 941. The number of alkyl halides is 3. The zero-order valence-corrected chi connectivity index (χ0v) is 19.6. The Balaban J connectivity index is 0.000000260. The number of amides is 3. The first-order valence-electron chi connectivity index (χ1n) is 11.2. The Kier molecular flexibility index (Phi) is 9.44. The third-order valence-electron chi connectivity index (χ3n) is 6.09. The minimum absolute atomic E-state index is 0.0279. The molecule has 2 saturated heterocycles. The van der Waals surface area contributed by atoms with E-state index in [0.29, 0.717) is 31.5 Å². The van der Waals surface area contributed by atoms with Crippen LogP contribution in [0, 0.1) is 6.92 Å². The van der Waals surface area contributed by atoms with Gasteiger partial charge < -0.3 is 19.8 Å². The minimum Gasteiger partial charge on any atom is -0.483 e. The van der Waals surface area contributed by atoms with E-state index in [9.17, 15) is 27.6 Å². The van der Waals surface area contributed by atoms with Gasteiger partial charge in [0.15, 0.2) is 0 Å². The summed E-state index contributed by atoms with van der Waals surface area (Å²) in [6.07, 6.45) is 0.528. The van der Waals surface area contributed by atoms with Crippen molar-refractivity contribution in [2.75, 3.05) is 32.7 Å². The lowest BCUT2D eigenvalue weighted by Crippen LogP contribution is -2.61. The van der Waals surface area contributed by atoms with Crippen LogP contribution in [0.1, 0.15) is 36.8 Å². The Morgan fingerprint density at radius 3 is 2.20 bits per heavy atom. The van der Waals surface area contributed by atoms with Crippen LogP contribution in [-0.2, 0) is 25.4 Å². The lowest BCUT2D eigenvalue weighted by Gasteiger charge is -2.40. The van der Waals surface area contributed by atoms with E-state index in [2.05, 4.69) is 6.58 Å². The molecule has 8 nitrogen and oxygen atoms in total. The lowest BCUT2D eigenvalue weighted by molar-refractivity contribution is -0.154. The highest BCUT2D eigenvalue weighted by Crippen LogP contribution is 2.45. The zero-order valence-electron chi connectivity index (χ0n) is 19.6. The molecule has 1 aliphatic carbocycles. The summed E-state index contributed by atoms with van der Waals surface area (Å²) in [5.74, 6) is -0.233. The van der Waals surface area contributed by atoms with Gasteiger partial charge in [-0.15, -0.1) is 0 Å². The highest BCUT2D eigenvalue weighted by Gasteiger charge is 2.59. The molecule has 0 atom stereocenters. The van der Waals surface area contributed by atoms with Gasteiger partial charge in [0.05, 0.1) is 12.1 Å². The van der Waals surface area contributed by atoms with Crippen molar-refractivity contribution in [2.24, 2.45) is 0 Å². The summed E-state index contributed by atoms with van der Waals surface area (Å²) >= 11 is 0. The summed E-state index contributed by atoms with van der Waals surface area (Å²) < 4.78 is 35.9. The average Bonchev–Trinajstić information content (AvgIpc) is 3.39. The Morgan fingerprint density at radius 2 is 1.74 bits per heavy atom. The number of nitrogens with zero attached hydrogens (tertiary/aromatic N) is 3. The van der Waals surface area contributed by atoms with Gasteiger partial charge in [0.2, 0.25) is 17.7 Å². The molecule has 1 N–H and O–H groups in total. The normalized spacial score (nSPS) is 18.2. The first-order chi connectivity index (χ1) is 16.5. The van der Waals surface area contributed by atoms with Gasteiger partial charge in [0.25, 0.3) is 6.47 Å². The van der Waals surface area contributed by atoms with Crippen molar-refractivity contribution in [3.05, 3.63) is 48.0 Å². The maximum atomic E-state index is 12.6. The van der Waals surface area contributed by atoms with Gasteiger partial charge >= 0.3 is 6.18 Å². The fraction of sp³-hybridized carbons (Fsp3) is 0.500. The van der Waals surface area contributed by atoms with Crippen molar-refractivity contribution in [1.82, 2.24) is 14.7 Å². The van der Waals surface area contributed by atoms with Crippen LogP contribution in [0.25, 0.3) is 0 Å². The molecule has 11 heteroatoms. The maximum Gasteiger partial charge on any atom is 0.416 e. The molecule has 3 fully saturated rings. The van der Waals surface area contributed by atoms with E-state index in [0.717, 1.165) is 38.1 Å². The van der Waals surface area contributed by atoms with E-state index in [1.165, 1.54) is 12.1 Å². The second kappa shape index (κ2) is 11.9. The molecule has 2 aliphatic heterocycles. The minimum atomic E-state index is -4.22. The van der Waals surface area contributed by atoms with Gasteiger partial charge in [-0.05, 0) is 44.7 Å². The topological polar surface area (TPSA) is 98.2 Å². The number of piperazine rings is 1. The molecule has 35 heavy (non-hydrogen) atoms. The van der Waals surface area contributed by atoms with E-state index < -0.39 is 17.3 Å². The summed E-state index contributed by atoms with van der Waals surface area (Å²) in [4.78, 5) is 50.1. The van der Waals surface area contributed by atoms with Gasteiger partial charge in [0, 0.05) is 26.2 Å². The average molecular weight is 498 g/mol. The van der Waals surface area contributed by atoms with Crippen LogP contribution in [0.15, 0.2) is 36.9 Å². The van der Waals surface area contributed by atoms with Crippen molar-refractivity contribution in [3.63, 3.8) is 0 Å². The predicted octanol–water partition coefficient (Wildman–Crippen LogP) is 2.71. The number of carbonyl (C=O) groups excluding carboxylic acids is 3. The van der Waals surface area contributed by atoms with Crippen LogP contribution in [0.4, 0.5) is 13.2 Å². The van der Waals surface area contributed by atoms with Crippen LogP contribution >= 0.6 is 0 Å². The smallest absolute Gasteiger partial charge is 0.416 e. The van der Waals surface area contributed by atoms with Crippen molar-refractivity contribution < 1.29 is 37.5 Å². The molecule has 1 saturated carbocycles. The van der Waals surface area contributed by atoms with Gasteiger partial charge in [-0.2, -0.15) is 13.2 Å². The van der Waals surface area contributed by atoms with Gasteiger partial charge in [-0.3, -0.25) is 19.2 Å². The zero-order chi connectivity index (χ0) is 26.2. The molecule has 3 aliphatic rings. The number of rotatable bonds is 3.